The van der Waals surface area contributed by atoms with Gasteiger partial charge >= 0.3 is 6.61 Å². The molecule has 0 radical (unpaired) electrons. The van der Waals surface area contributed by atoms with Crippen molar-refractivity contribution >= 4 is 11.5 Å². The third-order valence-electron chi connectivity index (χ3n) is 7.68. The van der Waals surface area contributed by atoms with Gasteiger partial charge in [0.15, 0.2) is 0 Å². The van der Waals surface area contributed by atoms with Crippen LogP contribution < -0.4 is 20.1 Å². The number of nitrogens with one attached hydrogen (secondary N) is 2. The number of rotatable bonds is 14. The fourth-order valence-corrected chi connectivity index (χ4v) is 5.20. The van der Waals surface area contributed by atoms with Gasteiger partial charge in [0.2, 0.25) is 0 Å². The minimum absolute atomic E-state index is 0.0209. The summed E-state index contributed by atoms with van der Waals surface area (Å²) in [6, 6.07) is 2.15. The molecule has 4 rings (SSSR count). The summed E-state index contributed by atoms with van der Waals surface area (Å²) in [5.74, 6) is -1.21. The lowest BCUT2D eigenvalue weighted by Crippen LogP contribution is -2.54. The second-order valence-electron chi connectivity index (χ2n) is 10.4. The topological polar surface area (TPSA) is 62.8 Å². The molecule has 2 saturated carbocycles. The first-order chi connectivity index (χ1) is 19.6. The van der Waals surface area contributed by atoms with Crippen LogP contribution in [0.4, 0.5) is 22.0 Å². The van der Waals surface area contributed by atoms with Crippen LogP contribution in [0.5, 0.6) is 11.5 Å². The van der Waals surface area contributed by atoms with Crippen molar-refractivity contribution in [2.45, 2.75) is 76.2 Å². The van der Waals surface area contributed by atoms with Gasteiger partial charge in [0, 0.05) is 36.0 Å². The Morgan fingerprint density at radius 2 is 1.93 bits per heavy atom. The van der Waals surface area contributed by atoms with Crippen LogP contribution in [-0.4, -0.2) is 61.8 Å². The van der Waals surface area contributed by atoms with E-state index in [1.54, 1.807) is 6.08 Å². The van der Waals surface area contributed by atoms with Gasteiger partial charge in [0.05, 0.1) is 19.7 Å². The van der Waals surface area contributed by atoms with Gasteiger partial charge < -0.3 is 25.0 Å². The van der Waals surface area contributed by atoms with Crippen LogP contribution in [0.15, 0.2) is 54.4 Å². The number of ether oxygens (including phenoxy) is 2. The number of amides is 1. The van der Waals surface area contributed by atoms with Crippen molar-refractivity contribution in [2.24, 2.45) is 0 Å². The minimum Gasteiger partial charge on any atom is -0.496 e. The molecule has 2 unspecified atom stereocenters. The summed E-state index contributed by atoms with van der Waals surface area (Å²) < 4.78 is 76.5. The summed E-state index contributed by atoms with van der Waals surface area (Å²) in [4.78, 5) is 14.9. The van der Waals surface area contributed by atoms with Crippen LogP contribution in [-0.2, 0) is 0 Å². The molecule has 6 nitrogen and oxygen atoms in total. The molecule has 2 N–H and O–H groups in total. The molecular formula is C30H36F5N3O3. The number of alkyl halides is 5. The van der Waals surface area contributed by atoms with Gasteiger partial charge in [-0.1, -0.05) is 32.1 Å². The Labute approximate surface area is 236 Å². The first-order valence-corrected chi connectivity index (χ1v) is 13.8. The van der Waals surface area contributed by atoms with Crippen LogP contribution in [0.3, 0.4) is 0 Å². The highest BCUT2D eigenvalue weighted by Gasteiger charge is 2.41. The fraction of sp³-hybridized carbons (Fsp3) is 0.500. The minimum atomic E-state index is -3.23. The molecule has 1 aromatic rings. The van der Waals surface area contributed by atoms with E-state index in [2.05, 4.69) is 24.1 Å². The first kappa shape index (κ1) is 30.6. The summed E-state index contributed by atoms with van der Waals surface area (Å²) in [5.41, 5.74) is 1.78. The molecule has 3 aliphatic rings. The highest BCUT2D eigenvalue weighted by atomic mass is 19.3. The van der Waals surface area contributed by atoms with Crippen LogP contribution in [0.2, 0.25) is 0 Å². The number of nitrogens with zero attached hydrogens (tertiary/aromatic N) is 1. The lowest BCUT2D eigenvalue weighted by molar-refractivity contribution is -0.0502. The number of methoxy groups -OCH3 is 1. The highest BCUT2D eigenvalue weighted by molar-refractivity contribution is 6.01. The number of unbranched alkanes of at least 4 members (excludes halogenated alkanes) is 1. The maximum Gasteiger partial charge on any atom is 0.387 e. The van der Waals surface area contributed by atoms with Crippen molar-refractivity contribution in [3.63, 3.8) is 0 Å². The smallest absolute Gasteiger partial charge is 0.387 e. The largest absolute Gasteiger partial charge is 0.496 e. The average Bonchev–Trinajstić information content (AvgIpc) is 3.60. The fourth-order valence-electron chi connectivity index (χ4n) is 5.20. The van der Waals surface area contributed by atoms with Crippen molar-refractivity contribution in [2.75, 3.05) is 20.2 Å². The standard InChI is InChI=1S/C30H36F5N3O3/c1-4-6-12-38-17-19(30(10-7-11-30)36-16-26(32)33)8-9-23(38)20(5-2)18-13-24(40-3)27(25(14-18)41-29(34)35)28(39)37-22-15-21(22)31/h5,8-9,13-14,17,21-22,26,29,36H,2,4,6-7,10-12,15-16H2,1,3H3,(H,37,39)/b23-20+. The molecule has 1 aliphatic heterocycles. The van der Waals surface area contributed by atoms with Crippen LogP contribution in [0.25, 0.3) is 5.57 Å². The van der Waals surface area contributed by atoms with Crippen LogP contribution in [0, 0.1) is 0 Å². The zero-order valence-corrected chi connectivity index (χ0v) is 23.2. The van der Waals surface area contributed by atoms with E-state index in [-0.39, 0.29) is 17.7 Å². The number of hydrogen-bond acceptors (Lipinski definition) is 5. The van der Waals surface area contributed by atoms with Gasteiger partial charge in [0.25, 0.3) is 12.3 Å². The van der Waals surface area contributed by atoms with Crippen LogP contribution in [0.1, 0.15) is 61.4 Å². The number of allylic oxidation sites excluding steroid dienone is 3. The molecule has 0 saturated heterocycles. The number of carbonyl (C=O) groups is 1. The number of benzene rings is 1. The Kier molecular flexibility index (Phi) is 9.78. The van der Waals surface area contributed by atoms with E-state index >= 15 is 0 Å². The monoisotopic (exact) mass is 581 g/mol. The van der Waals surface area contributed by atoms with E-state index in [0.29, 0.717) is 23.4 Å². The van der Waals surface area contributed by atoms with Crippen molar-refractivity contribution < 1.29 is 36.2 Å². The van der Waals surface area contributed by atoms with Crippen LogP contribution >= 0.6 is 0 Å². The number of carbonyl (C=O) groups excluding carboxylic acids is 1. The van der Waals surface area contributed by atoms with Gasteiger partial charge in [-0.3, -0.25) is 4.79 Å². The van der Waals surface area contributed by atoms with Crippen molar-refractivity contribution in [1.82, 2.24) is 15.5 Å². The lowest BCUT2D eigenvalue weighted by atomic mass is 9.71. The van der Waals surface area contributed by atoms with E-state index in [4.69, 9.17) is 9.47 Å². The maximum absolute atomic E-state index is 13.4. The summed E-state index contributed by atoms with van der Waals surface area (Å²) >= 11 is 0. The van der Waals surface area contributed by atoms with Gasteiger partial charge in [-0.2, -0.15) is 8.78 Å². The van der Waals surface area contributed by atoms with Gasteiger partial charge in [-0.15, -0.1) is 0 Å². The zero-order chi connectivity index (χ0) is 29.7. The van der Waals surface area contributed by atoms with Crippen molar-refractivity contribution in [3.8, 4) is 11.5 Å². The quantitative estimate of drug-likeness (QED) is 0.250. The predicted octanol–water partition coefficient (Wildman–Crippen LogP) is 6.37. The number of hydrogen-bond donors (Lipinski definition) is 2. The average molecular weight is 582 g/mol. The summed E-state index contributed by atoms with van der Waals surface area (Å²) in [6.07, 6.45) is 7.92. The zero-order valence-electron chi connectivity index (χ0n) is 23.2. The summed E-state index contributed by atoms with van der Waals surface area (Å²) in [5, 5.41) is 5.53. The molecule has 1 heterocycles. The molecule has 2 atom stereocenters. The summed E-state index contributed by atoms with van der Waals surface area (Å²) in [6.45, 7) is 2.98. The molecule has 1 aromatic carbocycles. The van der Waals surface area contributed by atoms with Gasteiger partial charge in [0.1, 0.15) is 23.2 Å². The highest BCUT2D eigenvalue weighted by Crippen LogP contribution is 2.43. The second-order valence-corrected chi connectivity index (χ2v) is 10.4. The van der Waals surface area contributed by atoms with Gasteiger partial charge in [-0.05, 0) is 55.0 Å². The third-order valence-corrected chi connectivity index (χ3v) is 7.68. The van der Waals surface area contributed by atoms with E-state index in [9.17, 15) is 26.7 Å². The molecule has 2 fully saturated rings. The molecule has 2 aliphatic carbocycles. The van der Waals surface area contributed by atoms with E-state index in [1.807, 2.05) is 23.3 Å². The molecule has 0 bridgehead atoms. The van der Waals surface area contributed by atoms with E-state index < -0.39 is 49.0 Å². The normalized spacial score (nSPS) is 22.3. The Morgan fingerprint density at radius 3 is 2.46 bits per heavy atom. The molecule has 0 aromatic heterocycles. The molecule has 1 amide bonds. The first-order valence-electron chi connectivity index (χ1n) is 13.8. The Hall–Kier alpha value is -3.34. The third kappa shape index (κ3) is 6.94. The molecular weight excluding hydrogens is 545 g/mol. The molecule has 224 valence electrons. The SMILES string of the molecule is C=C/C(=C1/C=CC(C2(NCC(F)F)CCC2)=CN1CCCC)c1cc(OC)c(C(=O)NC2CC2F)c(OC(F)F)c1. The van der Waals surface area contributed by atoms with Crippen molar-refractivity contribution in [3.05, 3.63) is 65.5 Å². The van der Waals surface area contributed by atoms with Crippen molar-refractivity contribution in [1.29, 1.82) is 0 Å². The predicted molar refractivity (Wildman–Crippen MR) is 147 cm³/mol. The Balaban J connectivity index is 1.76. The van der Waals surface area contributed by atoms with E-state index in [0.717, 1.165) is 37.7 Å². The summed E-state index contributed by atoms with van der Waals surface area (Å²) in [7, 11) is 1.30. The molecule has 0 spiro atoms. The second kappa shape index (κ2) is 13.1. The van der Waals surface area contributed by atoms with Gasteiger partial charge in [-0.25, -0.2) is 13.2 Å². The lowest BCUT2D eigenvalue weighted by Gasteiger charge is -2.46. The van der Waals surface area contributed by atoms with E-state index in [1.165, 1.54) is 19.2 Å². The number of halogens is 5. The maximum atomic E-state index is 13.4. The molecule has 41 heavy (non-hydrogen) atoms. The Morgan fingerprint density at radius 1 is 1.22 bits per heavy atom. The Bertz CT molecular complexity index is 1230. The molecule has 11 heteroatoms.